The van der Waals surface area contributed by atoms with Gasteiger partial charge in [0, 0.05) is 11.1 Å². The topological polar surface area (TPSA) is 81.5 Å². The number of nitro benzene ring substituents is 1. The van der Waals surface area contributed by atoms with Crippen LogP contribution in [-0.2, 0) is 0 Å². The van der Waals surface area contributed by atoms with E-state index in [2.05, 4.69) is 5.32 Å². The first-order valence-corrected chi connectivity index (χ1v) is 7.38. The van der Waals surface area contributed by atoms with Gasteiger partial charge in [-0.15, -0.1) is 0 Å². The van der Waals surface area contributed by atoms with Crippen molar-refractivity contribution in [1.82, 2.24) is 0 Å². The van der Waals surface area contributed by atoms with E-state index in [1.54, 1.807) is 24.3 Å². The summed E-state index contributed by atoms with van der Waals surface area (Å²) in [4.78, 5) is 22.8. The Bertz CT molecular complexity index is 734. The number of anilines is 1. The Morgan fingerprint density at radius 3 is 2.74 bits per heavy atom. The molecule has 0 unspecified atom stereocenters. The summed E-state index contributed by atoms with van der Waals surface area (Å²) in [6.45, 7) is 2.48. The fourth-order valence-electron chi connectivity index (χ4n) is 1.95. The molecular weight excluding hydrogens is 320 g/mol. The fourth-order valence-corrected chi connectivity index (χ4v) is 2.11. The maximum absolute atomic E-state index is 12.4. The molecule has 1 amide bonds. The summed E-state index contributed by atoms with van der Waals surface area (Å²) >= 11 is 5.75. The molecule has 23 heavy (non-hydrogen) atoms. The van der Waals surface area contributed by atoms with Crippen LogP contribution in [0.4, 0.5) is 11.4 Å². The molecule has 0 bridgehead atoms. The van der Waals surface area contributed by atoms with Crippen LogP contribution < -0.4 is 10.1 Å². The Labute approximate surface area is 138 Å². The van der Waals surface area contributed by atoms with E-state index in [1.165, 1.54) is 12.1 Å². The Hall–Kier alpha value is -2.60. The molecule has 0 aliphatic rings. The van der Waals surface area contributed by atoms with Gasteiger partial charge in [-0.05, 0) is 30.7 Å². The zero-order valence-electron chi connectivity index (χ0n) is 12.4. The molecule has 2 aromatic rings. The van der Waals surface area contributed by atoms with Crippen molar-refractivity contribution in [3.05, 3.63) is 63.2 Å². The predicted molar refractivity (Wildman–Crippen MR) is 88.3 cm³/mol. The van der Waals surface area contributed by atoms with E-state index in [0.29, 0.717) is 18.0 Å². The molecule has 0 saturated heterocycles. The number of para-hydroxylation sites is 2. The monoisotopic (exact) mass is 334 g/mol. The van der Waals surface area contributed by atoms with Crippen LogP contribution in [0.3, 0.4) is 0 Å². The number of benzene rings is 2. The van der Waals surface area contributed by atoms with Gasteiger partial charge in [0.15, 0.2) is 0 Å². The van der Waals surface area contributed by atoms with Gasteiger partial charge >= 0.3 is 0 Å². The highest BCUT2D eigenvalue weighted by Crippen LogP contribution is 2.27. The number of amides is 1. The third-order valence-electron chi connectivity index (χ3n) is 3.00. The summed E-state index contributed by atoms with van der Waals surface area (Å²) < 4.78 is 5.55. The van der Waals surface area contributed by atoms with Crippen molar-refractivity contribution in [2.45, 2.75) is 13.3 Å². The van der Waals surface area contributed by atoms with Crippen molar-refractivity contribution >= 4 is 28.9 Å². The molecule has 6 nitrogen and oxygen atoms in total. The molecule has 2 rings (SSSR count). The summed E-state index contributed by atoms with van der Waals surface area (Å²) in [5.41, 5.74) is 0.0434. The Morgan fingerprint density at radius 2 is 2.04 bits per heavy atom. The molecule has 0 aliphatic carbocycles. The molecule has 2 aromatic carbocycles. The fraction of sp³-hybridized carbons (Fsp3) is 0.188. The first-order valence-electron chi connectivity index (χ1n) is 7.00. The smallest absolute Gasteiger partial charge is 0.283 e. The first-order chi connectivity index (χ1) is 11.0. The van der Waals surface area contributed by atoms with Crippen LogP contribution in [0.5, 0.6) is 5.75 Å². The van der Waals surface area contributed by atoms with Crippen molar-refractivity contribution in [2.24, 2.45) is 0 Å². The normalized spacial score (nSPS) is 10.2. The predicted octanol–water partition coefficient (Wildman–Crippen LogP) is 4.29. The lowest BCUT2D eigenvalue weighted by molar-refractivity contribution is -0.385. The minimum Gasteiger partial charge on any atom is -0.491 e. The zero-order chi connectivity index (χ0) is 16.8. The average Bonchev–Trinajstić information content (AvgIpc) is 2.53. The number of rotatable bonds is 6. The number of ether oxygens (including phenoxy) is 1. The van der Waals surface area contributed by atoms with Gasteiger partial charge in [0.05, 0.1) is 17.2 Å². The highest BCUT2D eigenvalue weighted by Gasteiger charge is 2.21. The van der Waals surface area contributed by atoms with Crippen molar-refractivity contribution in [1.29, 1.82) is 0 Å². The molecule has 120 valence electrons. The Balaban J connectivity index is 2.28. The quantitative estimate of drug-likeness (QED) is 0.631. The van der Waals surface area contributed by atoms with Crippen LogP contribution in [0.15, 0.2) is 42.5 Å². The Kier molecular flexibility index (Phi) is 5.54. The maximum Gasteiger partial charge on any atom is 0.283 e. The third kappa shape index (κ3) is 4.20. The van der Waals surface area contributed by atoms with Crippen molar-refractivity contribution < 1.29 is 14.5 Å². The van der Waals surface area contributed by atoms with E-state index in [0.717, 1.165) is 12.5 Å². The number of hydrogen-bond donors (Lipinski definition) is 1. The molecule has 0 spiro atoms. The molecule has 0 saturated carbocycles. The number of carbonyl (C=O) groups is 1. The minimum absolute atomic E-state index is 0.0651. The van der Waals surface area contributed by atoms with Crippen molar-refractivity contribution in [3.8, 4) is 5.75 Å². The van der Waals surface area contributed by atoms with Gasteiger partial charge in [-0.2, -0.15) is 0 Å². The molecule has 0 aromatic heterocycles. The highest BCUT2D eigenvalue weighted by molar-refractivity contribution is 6.31. The van der Waals surface area contributed by atoms with Crippen LogP contribution in [0, 0.1) is 10.1 Å². The summed E-state index contributed by atoms with van der Waals surface area (Å²) in [5.74, 6) is -0.0831. The van der Waals surface area contributed by atoms with E-state index in [4.69, 9.17) is 16.3 Å². The summed E-state index contributed by atoms with van der Waals surface area (Å²) in [5, 5.41) is 13.9. The van der Waals surface area contributed by atoms with E-state index in [9.17, 15) is 14.9 Å². The lowest BCUT2D eigenvalue weighted by atomic mass is 10.1. The van der Waals surface area contributed by atoms with Crippen LogP contribution in [0.1, 0.15) is 23.7 Å². The number of hydrogen-bond acceptors (Lipinski definition) is 4. The molecule has 0 radical (unpaired) electrons. The van der Waals surface area contributed by atoms with Gasteiger partial charge in [-0.25, -0.2) is 0 Å². The molecule has 0 aliphatic heterocycles. The maximum atomic E-state index is 12.4. The lowest BCUT2D eigenvalue weighted by Crippen LogP contribution is -2.15. The number of nitro groups is 1. The van der Waals surface area contributed by atoms with Crippen LogP contribution in [-0.4, -0.2) is 17.4 Å². The lowest BCUT2D eigenvalue weighted by Gasteiger charge is -2.12. The van der Waals surface area contributed by atoms with Gasteiger partial charge in [0.25, 0.3) is 11.6 Å². The van der Waals surface area contributed by atoms with Crippen LogP contribution in [0.25, 0.3) is 0 Å². The first kappa shape index (κ1) is 16.8. The molecule has 0 fully saturated rings. The molecular formula is C16H15ClN2O4. The average molecular weight is 335 g/mol. The van der Waals surface area contributed by atoms with Gasteiger partial charge in [0.1, 0.15) is 11.3 Å². The number of nitrogens with one attached hydrogen (secondary N) is 1. The molecule has 7 heteroatoms. The standard InChI is InChI=1S/C16H15ClN2O4/c1-2-9-23-15-6-4-3-5-13(15)18-16(20)12-8-7-11(17)10-14(12)19(21)22/h3-8,10H,2,9H2,1H3,(H,18,20). The van der Waals surface area contributed by atoms with E-state index in [1.807, 2.05) is 6.92 Å². The van der Waals surface area contributed by atoms with Gasteiger partial charge in [-0.3, -0.25) is 14.9 Å². The van der Waals surface area contributed by atoms with Crippen LogP contribution >= 0.6 is 11.6 Å². The molecule has 1 N–H and O–H groups in total. The molecule has 0 heterocycles. The minimum atomic E-state index is -0.639. The number of nitrogens with zero attached hydrogens (tertiary/aromatic N) is 1. The van der Waals surface area contributed by atoms with E-state index in [-0.39, 0.29) is 16.3 Å². The van der Waals surface area contributed by atoms with E-state index < -0.39 is 10.8 Å². The summed E-state index contributed by atoms with van der Waals surface area (Å²) in [6, 6.07) is 10.8. The second-order valence-corrected chi connectivity index (χ2v) is 5.15. The Morgan fingerprint density at radius 1 is 1.30 bits per heavy atom. The zero-order valence-corrected chi connectivity index (χ0v) is 13.2. The van der Waals surface area contributed by atoms with Gasteiger partial charge in [0.2, 0.25) is 0 Å². The van der Waals surface area contributed by atoms with Crippen molar-refractivity contribution in [3.63, 3.8) is 0 Å². The van der Waals surface area contributed by atoms with Crippen LogP contribution in [0.2, 0.25) is 5.02 Å². The number of halogens is 1. The largest absolute Gasteiger partial charge is 0.491 e. The van der Waals surface area contributed by atoms with Gasteiger partial charge in [-0.1, -0.05) is 30.7 Å². The summed E-state index contributed by atoms with van der Waals surface area (Å²) in [7, 11) is 0. The highest BCUT2D eigenvalue weighted by atomic mass is 35.5. The number of carbonyl (C=O) groups excluding carboxylic acids is 1. The van der Waals surface area contributed by atoms with Gasteiger partial charge < -0.3 is 10.1 Å². The van der Waals surface area contributed by atoms with E-state index >= 15 is 0 Å². The second kappa shape index (κ2) is 7.60. The SMILES string of the molecule is CCCOc1ccccc1NC(=O)c1ccc(Cl)cc1[N+](=O)[O-]. The third-order valence-corrected chi connectivity index (χ3v) is 3.23. The summed E-state index contributed by atoms with van der Waals surface area (Å²) in [6.07, 6.45) is 0.824. The van der Waals surface area contributed by atoms with Crippen molar-refractivity contribution in [2.75, 3.05) is 11.9 Å². The second-order valence-electron chi connectivity index (χ2n) is 4.72. The molecule has 0 atom stereocenters.